The first-order valence-corrected chi connectivity index (χ1v) is 5.43. The largest absolute Gasteiger partial charge is 0.472 e. The first kappa shape index (κ1) is 9.28. The van der Waals surface area contributed by atoms with E-state index in [1.165, 1.54) is 18.6 Å². The van der Waals surface area contributed by atoms with E-state index >= 15 is 0 Å². The molecule has 1 aromatic heterocycles. The monoisotopic (exact) mass is 190 g/mol. The molecule has 0 aliphatic rings. The highest BCUT2D eigenvalue weighted by Crippen LogP contribution is 2.14. The van der Waals surface area contributed by atoms with Crippen molar-refractivity contribution in [2.75, 3.05) is 12.0 Å². The predicted octanol–water partition coefficient (Wildman–Crippen LogP) is 0.358. The molecule has 1 atom stereocenters. The summed E-state index contributed by atoms with van der Waals surface area (Å²) in [6.07, 6.45) is 2.81. The molecule has 0 aromatic carbocycles. The maximum atomic E-state index is 10.7. The fourth-order valence-corrected chi connectivity index (χ4v) is 1.61. The second kappa shape index (κ2) is 3.28. The molecule has 0 radical (unpaired) electrons. The molecule has 68 valence electrons. The van der Waals surface area contributed by atoms with Gasteiger partial charge in [0.15, 0.2) is 0 Å². The van der Waals surface area contributed by atoms with Crippen molar-refractivity contribution in [3.05, 3.63) is 24.2 Å². The first-order chi connectivity index (χ1) is 5.49. The van der Waals surface area contributed by atoms with Crippen molar-refractivity contribution < 1.29 is 17.9 Å². The number of aliphatic hydroxyl groups excluding tert-OH is 1. The molecule has 5 heteroatoms. The van der Waals surface area contributed by atoms with Gasteiger partial charge in [-0.05, 0) is 6.07 Å². The summed E-state index contributed by atoms with van der Waals surface area (Å²) in [5.41, 5.74) is 0.487. The molecule has 0 spiro atoms. The lowest BCUT2D eigenvalue weighted by Crippen LogP contribution is -2.11. The predicted molar refractivity (Wildman–Crippen MR) is 43.4 cm³/mol. The topological polar surface area (TPSA) is 67.5 Å². The molecule has 1 unspecified atom stereocenters. The highest BCUT2D eigenvalue weighted by molar-refractivity contribution is 7.90. The highest BCUT2D eigenvalue weighted by Gasteiger charge is 2.14. The van der Waals surface area contributed by atoms with E-state index in [2.05, 4.69) is 0 Å². The van der Waals surface area contributed by atoms with Crippen molar-refractivity contribution in [2.45, 2.75) is 6.10 Å². The van der Waals surface area contributed by atoms with E-state index in [1.807, 2.05) is 0 Å². The summed E-state index contributed by atoms with van der Waals surface area (Å²) in [5.74, 6) is -0.271. The molecule has 0 saturated heterocycles. The number of hydrogen-bond acceptors (Lipinski definition) is 4. The maximum Gasteiger partial charge on any atom is 0.150 e. The average molecular weight is 190 g/mol. The van der Waals surface area contributed by atoms with Crippen LogP contribution in [0.25, 0.3) is 0 Å². The summed E-state index contributed by atoms with van der Waals surface area (Å²) in [4.78, 5) is 0. The van der Waals surface area contributed by atoms with Gasteiger partial charge < -0.3 is 9.52 Å². The molecule has 0 aliphatic heterocycles. The SMILES string of the molecule is CS(=O)(=O)CC(O)c1ccoc1. The Bertz CT molecular complexity index is 324. The summed E-state index contributed by atoms with van der Waals surface area (Å²) in [6, 6.07) is 1.54. The Hall–Kier alpha value is -0.810. The quantitative estimate of drug-likeness (QED) is 0.747. The Morgan fingerprint density at radius 3 is 2.75 bits per heavy atom. The molecule has 0 amide bonds. The number of furan rings is 1. The van der Waals surface area contributed by atoms with Gasteiger partial charge in [-0.15, -0.1) is 0 Å². The second-order valence-electron chi connectivity index (χ2n) is 2.66. The molecule has 1 aromatic rings. The van der Waals surface area contributed by atoms with Crippen LogP contribution >= 0.6 is 0 Å². The van der Waals surface area contributed by atoms with Gasteiger partial charge in [0.1, 0.15) is 9.84 Å². The fourth-order valence-electron chi connectivity index (χ4n) is 0.848. The van der Waals surface area contributed by atoms with E-state index < -0.39 is 15.9 Å². The van der Waals surface area contributed by atoms with Crippen LogP contribution in [0.3, 0.4) is 0 Å². The Morgan fingerprint density at radius 1 is 1.67 bits per heavy atom. The van der Waals surface area contributed by atoms with E-state index in [0.29, 0.717) is 5.56 Å². The molecule has 1 heterocycles. The summed E-state index contributed by atoms with van der Waals surface area (Å²) >= 11 is 0. The van der Waals surface area contributed by atoms with E-state index in [-0.39, 0.29) is 5.75 Å². The van der Waals surface area contributed by atoms with Gasteiger partial charge in [0.2, 0.25) is 0 Å². The zero-order valence-corrected chi connectivity index (χ0v) is 7.41. The highest BCUT2D eigenvalue weighted by atomic mass is 32.2. The number of sulfone groups is 1. The Morgan fingerprint density at radius 2 is 2.33 bits per heavy atom. The molecule has 1 rings (SSSR count). The Kier molecular flexibility index (Phi) is 2.54. The molecule has 12 heavy (non-hydrogen) atoms. The van der Waals surface area contributed by atoms with Crippen LogP contribution in [0.1, 0.15) is 11.7 Å². The third-order valence-electron chi connectivity index (χ3n) is 1.39. The van der Waals surface area contributed by atoms with Gasteiger partial charge in [0.25, 0.3) is 0 Å². The van der Waals surface area contributed by atoms with Gasteiger partial charge in [0, 0.05) is 11.8 Å². The zero-order valence-electron chi connectivity index (χ0n) is 6.60. The van der Waals surface area contributed by atoms with Crippen LogP contribution < -0.4 is 0 Å². The van der Waals surface area contributed by atoms with E-state index in [4.69, 9.17) is 4.42 Å². The van der Waals surface area contributed by atoms with Gasteiger partial charge in [0.05, 0.1) is 24.4 Å². The standard InChI is InChI=1S/C7H10O4S/c1-12(9,10)5-7(8)6-2-3-11-4-6/h2-4,7-8H,5H2,1H3. The lowest BCUT2D eigenvalue weighted by atomic mass is 10.2. The third-order valence-corrected chi connectivity index (χ3v) is 2.31. The molecule has 0 bridgehead atoms. The van der Waals surface area contributed by atoms with Crippen LogP contribution in [0, 0.1) is 0 Å². The normalized spacial score (nSPS) is 14.5. The molecule has 0 saturated carbocycles. The minimum Gasteiger partial charge on any atom is -0.472 e. The Balaban J connectivity index is 2.68. The third kappa shape index (κ3) is 2.67. The lowest BCUT2D eigenvalue weighted by molar-refractivity contribution is 0.201. The zero-order chi connectivity index (χ0) is 9.19. The van der Waals surface area contributed by atoms with E-state index in [0.717, 1.165) is 6.26 Å². The number of aliphatic hydroxyl groups is 1. The molecule has 0 aliphatic carbocycles. The average Bonchev–Trinajstić information content (AvgIpc) is 2.32. The van der Waals surface area contributed by atoms with Crippen molar-refractivity contribution in [1.29, 1.82) is 0 Å². The van der Waals surface area contributed by atoms with E-state index in [9.17, 15) is 13.5 Å². The summed E-state index contributed by atoms with van der Waals surface area (Å²) in [5, 5.41) is 9.31. The molecule has 0 fully saturated rings. The van der Waals surface area contributed by atoms with Crippen LogP contribution in [0.4, 0.5) is 0 Å². The minimum atomic E-state index is -3.14. The van der Waals surface area contributed by atoms with Crippen molar-refractivity contribution in [3.8, 4) is 0 Å². The van der Waals surface area contributed by atoms with Crippen LogP contribution in [0.15, 0.2) is 23.0 Å². The molecular formula is C7H10O4S. The maximum absolute atomic E-state index is 10.7. The summed E-state index contributed by atoms with van der Waals surface area (Å²) in [7, 11) is -3.14. The van der Waals surface area contributed by atoms with Crippen LogP contribution in [-0.2, 0) is 9.84 Å². The van der Waals surface area contributed by atoms with Crippen molar-refractivity contribution in [1.82, 2.24) is 0 Å². The van der Waals surface area contributed by atoms with Crippen LogP contribution in [-0.4, -0.2) is 25.5 Å². The van der Waals surface area contributed by atoms with Gasteiger partial charge in [-0.25, -0.2) is 8.42 Å². The summed E-state index contributed by atoms with van der Waals surface area (Å²) < 4.78 is 26.2. The number of rotatable bonds is 3. The van der Waals surface area contributed by atoms with Gasteiger partial charge in [-0.2, -0.15) is 0 Å². The van der Waals surface area contributed by atoms with Crippen molar-refractivity contribution in [3.63, 3.8) is 0 Å². The molecule has 4 nitrogen and oxygen atoms in total. The fraction of sp³-hybridized carbons (Fsp3) is 0.429. The van der Waals surface area contributed by atoms with Crippen molar-refractivity contribution >= 4 is 9.84 Å². The van der Waals surface area contributed by atoms with Gasteiger partial charge in [-0.3, -0.25) is 0 Å². The number of hydrogen-bond donors (Lipinski definition) is 1. The van der Waals surface area contributed by atoms with Crippen molar-refractivity contribution in [2.24, 2.45) is 0 Å². The minimum absolute atomic E-state index is 0.271. The van der Waals surface area contributed by atoms with Gasteiger partial charge >= 0.3 is 0 Å². The smallest absolute Gasteiger partial charge is 0.150 e. The van der Waals surface area contributed by atoms with Crippen LogP contribution in [0.2, 0.25) is 0 Å². The van der Waals surface area contributed by atoms with E-state index in [1.54, 1.807) is 0 Å². The van der Waals surface area contributed by atoms with Crippen LogP contribution in [0.5, 0.6) is 0 Å². The second-order valence-corrected chi connectivity index (χ2v) is 4.85. The molecule has 1 N–H and O–H groups in total. The lowest BCUT2D eigenvalue weighted by Gasteiger charge is -2.04. The molecular weight excluding hydrogens is 180 g/mol. The first-order valence-electron chi connectivity index (χ1n) is 3.37. The Labute approximate surface area is 70.7 Å². The van der Waals surface area contributed by atoms with Gasteiger partial charge in [-0.1, -0.05) is 0 Å². The summed E-state index contributed by atoms with van der Waals surface area (Å²) in [6.45, 7) is 0.